The number of aromatic nitrogens is 2. The van der Waals surface area contributed by atoms with E-state index >= 15 is 0 Å². The van der Waals surface area contributed by atoms with Crippen LogP contribution in [0.1, 0.15) is 43.9 Å². The van der Waals surface area contributed by atoms with E-state index in [0.29, 0.717) is 18.4 Å². The number of unbranched alkanes of at least 4 members (excludes halogenated alkanes) is 1. The monoisotopic (exact) mass is 370 g/mol. The second-order valence-electron chi connectivity index (χ2n) is 5.67. The second-order valence-corrected chi connectivity index (χ2v) is 6.47. The second kappa shape index (κ2) is 7.06. The van der Waals surface area contributed by atoms with E-state index in [9.17, 15) is 4.39 Å². The molecule has 120 valence electrons. The summed E-state index contributed by atoms with van der Waals surface area (Å²) in [5.41, 5.74) is 1.42. The van der Waals surface area contributed by atoms with Crippen LogP contribution in [0.4, 0.5) is 4.39 Å². The zero-order valence-corrected chi connectivity index (χ0v) is 14.0. The summed E-state index contributed by atoms with van der Waals surface area (Å²) in [6.45, 7) is 0.868. The fraction of sp³-hybridized carbons (Fsp3) is 0.562. The molecule has 4 nitrogen and oxygen atoms in total. The van der Waals surface area contributed by atoms with Crippen LogP contribution in [0.25, 0.3) is 10.9 Å². The Hall–Kier alpha value is -0.980. The molecule has 0 saturated carbocycles. The van der Waals surface area contributed by atoms with Gasteiger partial charge in [-0.05, 0) is 54.5 Å². The molecule has 22 heavy (non-hydrogen) atoms. The lowest BCUT2D eigenvalue weighted by atomic mass is 10.1. The molecule has 1 aliphatic heterocycles. The maximum Gasteiger partial charge on any atom is 0.150 e. The minimum absolute atomic E-state index is 0.0993. The van der Waals surface area contributed by atoms with Gasteiger partial charge in [-0.15, -0.1) is 0 Å². The van der Waals surface area contributed by atoms with Crippen molar-refractivity contribution in [1.82, 2.24) is 9.78 Å². The van der Waals surface area contributed by atoms with Crippen molar-refractivity contribution in [1.29, 1.82) is 0 Å². The molecule has 0 amide bonds. The van der Waals surface area contributed by atoms with Crippen molar-refractivity contribution in [2.24, 2.45) is 0 Å². The smallest absolute Gasteiger partial charge is 0.150 e. The number of aliphatic hydroxyl groups excluding tert-OH is 1. The quantitative estimate of drug-likeness (QED) is 0.810. The third kappa shape index (κ3) is 3.05. The first-order valence-corrected chi connectivity index (χ1v) is 8.58. The summed E-state index contributed by atoms with van der Waals surface area (Å²) in [7, 11) is 0. The van der Waals surface area contributed by atoms with Gasteiger partial charge >= 0.3 is 0 Å². The largest absolute Gasteiger partial charge is 0.396 e. The van der Waals surface area contributed by atoms with Crippen LogP contribution in [0.15, 0.2) is 16.7 Å². The van der Waals surface area contributed by atoms with Crippen LogP contribution in [-0.4, -0.2) is 28.1 Å². The van der Waals surface area contributed by atoms with Gasteiger partial charge < -0.3 is 9.84 Å². The van der Waals surface area contributed by atoms with Crippen molar-refractivity contribution in [3.05, 3.63) is 28.1 Å². The van der Waals surface area contributed by atoms with E-state index in [2.05, 4.69) is 21.0 Å². The average Bonchev–Trinajstić information content (AvgIpc) is 2.95. The first-order chi connectivity index (χ1) is 10.7. The highest BCUT2D eigenvalue weighted by molar-refractivity contribution is 9.10. The molecular weight excluding hydrogens is 351 g/mol. The molecule has 3 rings (SSSR count). The summed E-state index contributed by atoms with van der Waals surface area (Å²) in [6.07, 6.45) is 6.81. The van der Waals surface area contributed by atoms with Gasteiger partial charge in [0.05, 0.1) is 11.7 Å². The number of ether oxygens (including phenoxy) is 1. The molecule has 0 aliphatic carbocycles. The van der Waals surface area contributed by atoms with Crippen LogP contribution in [0.2, 0.25) is 0 Å². The molecule has 1 aliphatic rings. The summed E-state index contributed by atoms with van der Waals surface area (Å²) < 4.78 is 22.8. The Morgan fingerprint density at radius 3 is 3.00 bits per heavy atom. The Labute approximate surface area is 137 Å². The van der Waals surface area contributed by atoms with Gasteiger partial charge in [0, 0.05) is 34.7 Å². The first kappa shape index (κ1) is 15.9. The molecule has 1 unspecified atom stereocenters. The number of halogens is 2. The summed E-state index contributed by atoms with van der Waals surface area (Å²) in [5, 5.41) is 14.2. The number of aliphatic hydroxyl groups is 1. The van der Waals surface area contributed by atoms with Crippen molar-refractivity contribution in [3.8, 4) is 0 Å². The van der Waals surface area contributed by atoms with E-state index in [1.165, 1.54) is 0 Å². The molecule has 1 aromatic carbocycles. The average molecular weight is 371 g/mol. The molecule has 2 aromatic rings. The Bertz CT molecular complexity index is 653. The molecule has 0 bridgehead atoms. The van der Waals surface area contributed by atoms with E-state index < -0.39 is 0 Å². The minimum Gasteiger partial charge on any atom is -0.396 e. The zero-order valence-electron chi connectivity index (χ0n) is 12.4. The summed E-state index contributed by atoms with van der Waals surface area (Å²) in [6, 6.07) is 1.55. The molecule has 1 aromatic heterocycles. The number of rotatable bonds is 5. The fourth-order valence-corrected chi connectivity index (χ4v) is 3.64. The summed E-state index contributed by atoms with van der Waals surface area (Å²) in [4.78, 5) is 0. The number of hydrogen-bond donors (Lipinski definition) is 1. The van der Waals surface area contributed by atoms with Crippen molar-refractivity contribution in [2.45, 2.75) is 44.8 Å². The van der Waals surface area contributed by atoms with Crippen molar-refractivity contribution < 1.29 is 14.2 Å². The highest BCUT2D eigenvalue weighted by Gasteiger charge is 2.21. The standard InChI is InChI=1S/C16H20BrFN2O2/c17-16-11(5-1-3-7-21)13(18)9-14-12(16)10-19-20(14)15-6-2-4-8-22-15/h9-10,15,21H,1-8H2. The summed E-state index contributed by atoms with van der Waals surface area (Å²) >= 11 is 3.53. The number of nitrogens with zero attached hydrogens (tertiary/aromatic N) is 2. The minimum atomic E-state index is -0.227. The molecule has 0 radical (unpaired) electrons. The lowest BCUT2D eigenvalue weighted by Crippen LogP contribution is -2.19. The van der Waals surface area contributed by atoms with E-state index in [0.717, 1.165) is 47.7 Å². The van der Waals surface area contributed by atoms with Crippen LogP contribution in [0, 0.1) is 5.82 Å². The lowest BCUT2D eigenvalue weighted by Gasteiger charge is -2.23. The van der Waals surface area contributed by atoms with Gasteiger partial charge in [-0.1, -0.05) is 0 Å². The fourth-order valence-electron chi connectivity index (χ4n) is 2.95. The van der Waals surface area contributed by atoms with Gasteiger partial charge in [-0.25, -0.2) is 9.07 Å². The highest BCUT2D eigenvalue weighted by atomic mass is 79.9. The molecule has 6 heteroatoms. The molecule has 1 saturated heterocycles. The molecule has 1 atom stereocenters. The third-order valence-corrected chi connectivity index (χ3v) is 5.06. The van der Waals surface area contributed by atoms with Crippen LogP contribution < -0.4 is 0 Å². The van der Waals surface area contributed by atoms with Crippen LogP contribution in [-0.2, 0) is 11.2 Å². The topological polar surface area (TPSA) is 47.3 Å². The van der Waals surface area contributed by atoms with Gasteiger partial charge in [-0.3, -0.25) is 0 Å². The Kier molecular flexibility index (Phi) is 5.10. The van der Waals surface area contributed by atoms with Crippen LogP contribution in [0.3, 0.4) is 0 Å². The first-order valence-electron chi connectivity index (χ1n) is 7.79. The van der Waals surface area contributed by atoms with E-state index in [1.54, 1.807) is 16.9 Å². The van der Waals surface area contributed by atoms with E-state index in [4.69, 9.17) is 9.84 Å². The normalized spacial score (nSPS) is 19.0. The predicted molar refractivity (Wildman–Crippen MR) is 86.3 cm³/mol. The zero-order chi connectivity index (χ0) is 15.5. The highest BCUT2D eigenvalue weighted by Crippen LogP contribution is 2.34. The van der Waals surface area contributed by atoms with Crippen LogP contribution >= 0.6 is 15.9 Å². The van der Waals surface area contributed by atoms with Gasteiger partial charge in [0.2, 0.25) is 0 Å². The third-order valence-electron chi connectivity index (χ3n) is 4.15. The lowest BCUT2D eigenvalue weighted by molar-refractivity contribution is -0.0366. The Balaban J connectivity index is 1.95. The molecule has 1 fully saturated rings. The molecular formula is C16H20BrFN2O2. The van der Waals surface area contributed by atoms with Gasteiger partial charge in [0.15, 0.2) is 6.23 Å². The van der Waals surface area contributed by atoms with Gasteiger partial charge in [-0.2, -0.15) is 5.10 Å². The van der Waals surface area contributed by atoms with Crippen molar-refractivity contribution >= 4 is 26.8 Å². The SMILES string of the molecule is OCCCCc1c(F)cc2c(cnn2C2CCCCO2)c1Br. The predicted octanol–water partition coefficient (Wildman–Crippen LogP) is 3.95. The summed E-state index contributed by atoms with van der Waals surface area (Å²) in [5.74, 6) is -0.227. The van der Waals surface area contributed by atoms with E-state index in [1.807, 2.05) is 0 Å². The van der Waals surface area contributed by atoms with Crippen molar-refractivity contribution in [3.63, 3.8) is 0 Å². The number of fused-ring (bicyclic) bond motifs is 1. The molecule has 0 spiro atoms. The van der Waals surface area contributed by atoms with Crippen molar-refractivity contribution in [2.75, 3.05) is 13.2 Å². The van der Waals surface area contributed by atoms with Gasteiger partial charge in [0.1, 0.15) is 5.82 Å². The Morgan fingerprint density at radius 2 is 2.27 bits per heavy atom. The van der Waals surface area contributed by atoms with Crippen LogP contribution in [0.5, 0.6) is 0 Å². The number of benzene rings is 1. The maximum atomic E-state index is 14.5. The Morgan fingerprint density at radius 1 is 1.41 bits per heavy atom. The maximum absolute atomic E-state index is 14.5. The molecule has 1 N–H and O–H groups in total. The molecule has 2 heterocycles. The number of hydrogen-bond acceptors (Lipinski definition) is 3. The van der Waals surface area contributed by atoms with Gasteiger partial charge in [0.25, 0.3) is 0 Å². The van der Waals surface area contributed by atoms with E-state index in [-0.39, 0.29) is 18.7 Å².